The highest BCUT2D eigenvalue weighted by Gasteiger charge is 2.06. The number of fused-ring (bicyclic) bond motifs is 1. The van der Waals surface area contributed by atoms with E-state index in [1.807, 2.05) is 6.92 Å². The Labute approximate surface area is 94.7 Å². The van der Waals surface area contributed by atoms with Gasteiger partial charge in [-0.3, -0.25) is 4.21 Å². The van der Waals surface area contributed by atoms with Gasteiger partial charge in [-0.2, -0.15) is 0 Å². The number of nitrogens with one attached hydrogen (secondary N) is 1. The summed E-state index contributed by atoms with van der Waals surface area (Å²) in [6, 6.07) is 3.56. The number of tetrazole rings is 1. The van der Waals surface area contributed by atoms with Crippen molar-refractivity contribution in [3.8, 4) is 0 Å². The quantitative estimate of drug-likeness (QED) is 0.789. The van der Waals surface area contributed by atoms with E-state index in [9.17, 15) is 4.21 Å². The maximum Gasteiger partial charge on any atom is 0.200 e. The summed E-state index contributed by atoms with van der Waals surface area (Å²) >= 11 is 0. The Bertz CT molecular complexity index is 512. The third kappa shape index (κ3) is 2.32. The van der Waals surface area contributed by atoms with Crippen molar-refractivity contribution in [1.29, 1.82) is 0 Å². The summed E-state index contributed by atoms with van der Waals surface area (Å²) in [6.07, 6.45) is 1.68. The number of anilines is 1. The summed E-state index contributed by atoms with van der Waals surface area (Å²) in [5.74, 6) is 0.664. The van der Waals surface area contributed by atoms with Crippen molar-refractivity contribution in [2.75, 3.05) is 18.1 Å². The lowest BCUT2D eigenvalue weighted by Crippen LogP contribution is -2.21. The predicted molar refractivity (Wildman–Crippen MR) is 60.6 cm³/mol. The minimum absolute atomic E-state index is 0.0753. The summed E-state index contributed by atoms with van der Waals surface area (Å²) in [6.45, 7) is 2.52. The van der Waals surface area contributed by atoms with E-state index in [4.69, 9.17) is 0 Å². The van der Waals surface area contributed by atoms with Gasteiger partial charge in [0.15, 0.2) is 5.65 Å². The van der Waals surface area contributed by atoms with Crippen LogP contribution in [0.15, 0.2) is 12.1 Å². The number of hydrogen-bond acceptors (Lipinski definition) is 6. The van der Waals surface area contributed by atoms with Crippen LogP contribution in [0.3, 0.4) is 0 Å². The summed E-state index contributed by atoms with van der Waals surface area (Å²) < 4.78 is 12.5. The molecule has 2 heterocycles. The van der Waals surface area contributed by atoms with E-state index in [1.54, 1.807) is 18.4 Å². The van der Waals surface area contributed by atoms with E-state index >= 15 is 0 Å². The van der Waals surface area contributed by atoms with Crippen molar-refractivity contribution < 1.29 is 4.21 Å². The van der Waals surface area contributed by atoms with Gasteiger partial charge in [0, 0.05) is 28.9 Å². The fourth-order valence-electron chi connectivity index (χ4n) is 1.11. The Morgan fingerprint density at radius 2 is 2.38 bits per heavy atom. The number of aromatic nitrogens is 5. The molecular formula is C8H12N6OS. The molecule has 0 fully saturated rings. The number of rotatable bonds is 4. The molecule has 0 spiro atoms. The molecule has 0 aliphatic carbocycles. The first-order valence-corrected chi connectivity index (χ1v) is 6.40. The first-order chi connectivity index (χ1) is 7.66. The van der Waals surface area contributed by atoms with Crippen molar-refractivity contribution in [3.05, 3.63) is 12.1 Å². The van der Waals surface area contributed by atoms with Gasteiger partial charge in [0.1, 0.15) is 5.82 Å². The van der Waals surface area contributed by atoms with Crippen molar-refractivity contribution >= 4 is 22.3 Å². The van der Waals surface area contributed by atoms with Crippen LogP contribution in [0.1, 0.15) is 6.92 Å². The molecule has 0 saturated carbocycles. The van der Waals surface area contributed by atoms with Crippen LogP contribution in [0.4, 0.5) is 5.82 Å². The highest BCUT2D eigenvalue weighted by Crippen LogP contribution is 2.04. The van der Waals surface area contributed by atoms with Gasteiger partial charge in [-0.1, -0.05) is 0 Å². The molecule has 0 saturated heterocycles. The van der Waals surface area contributed by atoms with Gasteiger partial charge in [0.25, 0.3) is 0 Å². The van der Waals surface area contributed by atoms with Crippen LogP contribution in [-0.4, -0.2) is 47.5 Å². The zero-order valence-corrected chi connectivity index (χ0v) is 9.81. The fraction of sp³-hybridized carbons (Fsp3) is 0.500. The second-order valence-electron chi connectivity index (χ2n) is 3.44. The zero-order chi connectivity index (χ0) is 11.5. The van der Waals surface area contributed by atoms with Crippen LogP contribution in [0.25, 0.3) is 5.65 Å². The summed E-state index contributed by atoms with van der Waals surface area (Å²) in [4.78, 5) is 0. The SMILES string of the molecule is CC(CNc1ccc2nnnn2n1)S(C)=O. The monoisotopic (exact) mass is 240 g/mol. The van der Waals surface area contributed by atoms with E-state index in [0.717, 1.165) is 0 Å². The van der Waals surface area contributed by atoms with Crippen LogP contribution in [-0.2, 0) is 10.8 Å². The maximum absolute atomic E-state index is 11.1. The molecule has 2 aromatic rings. The molecule has 0 radical (unpaired) electrons. The maximum atomic E-state index is 11.1. The number of hydrogen-bond donors (Lipinski definition) is 1. The first-order valence-electron chi connectivity index (χ1n) is 4.78. The molecule has 1 N–H and O–H groups in total. The van der Waals surface area contributed by atoms with E-state index in [2.05, 4.69) is 25.9 Å². The van der Waals surface area contributed by atoms with Crippen LogP contribution < -0.4 is 5.32 Å². The van der Waals surface area contributed by atoms with E-state index in [-0.39, 0.29) is 5.25 Å². The molecule has 0 aromatic carbocycles. The normalized spacial score (nSPS) is 14.9. The molecule has 0 aliphatic rings. The highest BCUT2D eigenvalue weighted by atomic mass is 32.2. The zero-order valence-electron chi connectivity index (χ0n) is 8.99. The fourth-order valence-corrected chi connectivity index (χ4v) is 1.43. The molecule has 86 valence electrons. The third-order valence-electron chi connectivity index (χ3n) is 2.21. The Morgan fingerprint density at radius 1 is 1.56 bits per heavy atom. The van der Waals surface area contributed by atoms with Gasteiger partial charge in [-0.15, -0.1) is 14.8 Å². The first kappa shape index (κ1) is 10.9. The summed E-state index contributed by atoms with van der Waals surface area (Å²) in [5.41, 5.74) is 0.595. The Balaban J connectivity index is 2.06. The van der Waals surface area contributed by atoms with Crippen LogP contribution >= 0.6 is 0 Å². The average molecular weight is 240 g/mol. The minimum atomic E-state index is -0.841. The van der Waals surface area contributed by atoms with Crippen molar-refractivity contribution in [3.63, 3.8) is 0 Å². The van der Waals surface area contributed by atoms with Crippen molar-refractivity contribution in [2.24, 2.45) is 0 Å². The molecule has 7 nitrogen and oxygen atoms in total. The molecule has 16 heavy (non-hydrogen) atoms. The van der Waals surface area contributed by atoms with Crippen LogP contribution in [0.2, 0.25) is 0 Å². The van der Waals surface area contributed by atoms with Gasteiger partial charge < -0.3 is 5.32 Å². The Hall–Kier alpha value is -1.57. The van der Waals surface area contributed by atoms with Gasteiger partial charge >= 0.3 is 0 Å². The molecule has 8 heteroatoms. The lowest BCUT2D eigenvalue weighted by atomic mass is 10.4. The Kier molecular flexibility index (Phi) is 3.09. The van der Waals surface area contributed by atoms with Gasteiger partial charge in [-0.05, 0) is 29.5 Å². The lowest BCUT2D eigenvalue weighted by molar-refractivity contribution is 0.678. The molecular weight excluding hydrogens is 228 g/mol. The van der Waals surface area contributed by atoms with Gasteiger partial charge in [-0.25, -0.2) is 0 Å². The third-order valence-corrected chi connectivity index (χ3v) is 3.51. The lowest BCUT2D eigenvalue weighted by Gasteiger charge is -2.09. The molecule has 2 rings (SSSR count). The van der Waals surface area contributed by atoms with E-state index in [1.165, 1.54) is 4.63 Å². The highest BCUT2D eigenvalue weighted by molar-refractivity contribution is 7.84. The van der Waals surface area contributed by atoms with Gasteiger partial charge in [0.05, 0.1) is 0 Å². The predicted octanol–water partition coefficient (Wildman–Crippen LogP) is -0.302. The molecule has 2 unspecified atom stereocenters. The Morgan fingerprint density at radius 3 is 3.12 bits per heavy atom. The second kappa shape index (κ2) is 4.52. The largest absolute Gasteiger partial charge is 0.367 e. The standard InChI is InChI=1S/C8H12N6OS/c1-6(16(2)15)5-9-7-3-4-8-10-12-13-14(8)11-7/h3-4,6H,5H2,1-2H3,(H,9,11). The minimum Gasteiger partial charge on any atom is -0.367 e. The molecule has 0 bridgehead atoms. The molecule has 2 atom stereocenters. The molecule has 0 aliphatic heterocycles. The molecule has 0 amide bonds. The van der Waals surface area contributed by atoms with Crippen LogP contribution in [0.5, 0.6) is 0 Å². The number of nitrogens with zero attached hydrogens (tertiary/aromatic N) is 5. The summed E-state index contributed by atoms with van der Waals surface area (Å²) in [5, 5.41) is 18.2. The topological polar surface area (TPSA) is 85.1 Å². The van der Waals surface area contributed by atoms with E-state index in [0.29, 0.717) is 18.0 Å². The summed E-state index contributed by atoms with van der Waals surface area (Å²) in [7, 11) is -0.841. The van der Waals surface area contributed by atoms with Gasteiger partial charge in [0.2, 0.25) is 0 Å². The smallest absolute Gasteiger partial charge is 0.200 e. The van der Waals surface area contributed by atoms with Crippen LogP contribution in [0, 0.1) is 0 Å². The van der Waals surface area contributed by atoms with Crippen molar-refractivity contribution in [1.82, 2.24) is 25.3 Å². The van der Waals surface area contributed by atoms with E-state index < -0.39 is 10.8 Å². The second-order valence-corrected chi connectivity index (χ2v) is 5.24. The molecule has 2 aromatic heterocycles. The average Bonchev–Trinajstić information content (AvgIpc) is 2.72. The van der Waals surface area contributed by atoms with Crippen molar-refractivity contribution in [2.45, 2.75) is 12.2 Å².